The van der Waals surface area contributed by atoms with Gasteiger partial charge in [-0.25, -0.2) is 4.79 Å². The van der Waals surface area contributed by atoms with Gasteiger partial charge in [-0.05, 0) is 56.1 Å². The van der Waals surface area contributed by atoms with Gasteiger partial charge >= 0.3 is 5.97 Å². The van der Waals surface area contributed by atoms with Crippen molar-refractivity contribution in [3.05, 3.63) is 63.3 Å². The van der Waals surface area contributed by atoms with Crippen molar-refractivity contribution >= 4 is 39.1 Å². The number of hydrogen-bond donors (Lipinski definition) is 2. The van der Waals surface area contributed by atoms with Crippen LogP contribution in [-0.4, -0.2) is 70.1 Å². The quantitative estimate of drug-likeness (QED) is 0.282. The fraction of sp³-hybridized carbons (Fsp3) is 0.400. The molecule has 41 heavy (non-hydrogen) atoms. The number of likely N-dealkylation sites (N-methyl/N-ethyl adjacent to an activating group) is 1. The summed E-state index contributed by atoms with van der Waals surface area (Å²) in [5, 5.41) is 24.3. The van der Waals surface area contributed by atoms with Gasteiger partial charge in [-0.15, -0.1) is 4.91 Å². The first-order chi connectivity index (χ1) is 19.8. The number of nitrogens with zero attached hydrogens (tertiary/aromatic N) is 5. The van der Waals surface area contributed by atoms with E-state index < -0.39 is 11.4 Å². The van der Waals surface area contributed by atoms with Crippen LogP contribution in [0.2, 0.25) is 0 Å². The zero-order valence-electron chi connectivity index (χ0n) is 23.1. The molecule has 0 spiro atoms. The molecule has 2 N–H and O–H groups in total. The molecular formula is C30H33N5O6. The molecule has 214 valence electrons. The average molecular weight is 560 g/mol. The van der Waals surface area contributed by atoms with E-state index in [9.17, 15) is 24.7 Å². The molecule has 1 saturated heterocycles. The predicted molar refractivity (Wildman–Crippen MR) is 157 cm³/mol. The van der Waals surface area contributed by atoms with Crippen molar-refractivity contribution in [2.75, 3.05) is 38.7 Å². The molecule has 0 bridgehead atoms. The molecule has 1 saturated carbocycles. The molecule has 1 unspecified atom stereocenters. The lowest BCUT2D eigenvalue weighted by atomic mass is 10.0. The Morgan fingerprint density at radius 3 is 2.63 bits per heavy atom. The average Bonchev–Trinajstić information content (AvgIpc) is 3.79. The van der Waals surface area contributed by atoms with E-state index in [2.05, 4.69) is 22.0 Å². The first-order valence-corrected chi connectivity index (χ1v) is 13.9. The number of anilines is 1. The van der Waals surface area contributed by atoms with E-state index in [1.807, 2.05) is 28.8 Å². The van der Waals surface area contributed by atoms with E-state index >= 15 is 0 Å². The van der Waals surface area contributed by atoms with Gasteiger partial charge in [0.1, 0.15) is 5.56 Å². The van der Waals surface area contributed by atoms with Crippen LogP contribution in [0.25, 0.3) is 21.8 Å². The number of rotatable bonds is 9. The van der Waals surface area contributed by atoms with Gasteiger partial charge in [0.15, 0.2) is 11.4 Å². The van der Waals surface area contributed by atoms with Crippen LogP contribution in [0, 0.1) is 4.91 Å². The topological polar surface area (TPSA) is 130 Å². The van der Waals surface area contributed by atoms with Gasteiger partial charge < -0.3 is 29.0 Å². The molecule has 4 aromatic rings. The van der Waals surface area contributed by atoms with Crippen LogP contribution in [0.5, 0.6) is 11.6 Å². The Morgan fingerprint density at radius 1 is 1.15 bits per heavy atom. The highest BCUT2D eigenvalue weighted by Gasteiger charge is 2.31. The Labute approximate surface area is 236 Å². The number of ether oxygens (including phenoxy) is 1. The van der Waals surface area contributed by atoms with E-state index in [1.165, 1.54) is 6.20 Å². The molecule has 2 fully saturated rings. The van der Waals surface area contributed by atoms with Gasteiger partial charge in [-0.3, -0.25) is 9.69 Å². The normalized spacial score (nSPS) is 17.4. The third kappa shape index (κ3) is 4.59. The van der Waals surface area contributed by atoms with Crippen LogP contribution >= 0.6 is 0 Å². The number of aromatic nitrogens is 2. The molecule has 1 aliphatic heterocycles. The van der Waals surface area contributed by atoms with E-state index in [1.54, 1.807) is 23.8 Å². The minimum absolute atomic E-state index is 0.0654. The number of nitroso groups, excluding NO2 is 1. The first kappa shape index (κ1) is 26.8. The summed E-state index contributed by atoms with van der Waals surface area (Å²) in [7, 11) is 3.65. The monoisotopic (exact) mass is 559 g/mol. The van der Waals surface area contributed by atoms with Crippen molar-refractivity contribution in [3.63, 3.8) is 0 Å². The molecule has 1 aliphatic carbocycles. The van der Waals surface area contributed by atoms with Crippen LogP contribution in [0.1, 0.15) is 42.1 Å². The molecule has 2 aromatic heterocycles. The Bertz CT molecular complexity index is 1720. The van der Waals surface area contributed by atoms with Gasteiger partial charge in [-0.1, -0.05) is 18.2 Å². The lowest BCUT2D eigenvalue weighted by molar-refractivity contribution is 0.0694. The Balaban J connectivity index is 1.27. The highest BCUT2D eigenvalue weighted by atomic mass is 16.5. The van der Waals surface area contributed by atoms with Crippen molar-refractivity contribution < 1.29 is 19.7 Å². The number of aromatic carboxylic acids is 1. The third-order valence-corrected chi connectivity index (χ3v) is 8.55. The van der Waals surface area contributed by atoms with E-state index in [0.717, 1.165) is 50.0 Å². The van der Waals surface area contributed by atoms with Crippen molar-refractivity contribution in [2.24, 2.45) is 5.18 Å². The molecule has 0 radical (unpaired) electrons. The summed E-state index contributed by atoms with van der Waals surface area (Å²) in [5.41, 5.74) is 1.64. The number of methoxy groups -OCH3 is 1. The first-order valence-electron chi connectivity index (χ1n) is 13.9. The highest BCUT2D eigenvalue weighted by Crippen LogP contribution is 2.43. The standard InChI is InChI=1S/C30H33N5O6/c1-32(14-15-34-23-8-4-3-7-20(23)25(31-40)29(34)37)19-6-5-13-33(16-19)24-12-11-21-26(28(24)41-2)35(18-9-10-18)17-22(27(21)36)30(38)39/h3-4,7-8,11-12,17-19,37H,5-6,9-10,13-16H2,1-2H3,(H,38,39). The minimum atomic E-state index is -1.23. The van der Waals surface area contributed by atoms with Gasteiger partial charge in [0, 0.05) is 49.8 Å². The number of hydrogen-bond acceptors (Lipinski definition) is 8. The molecule has 2 aliphatic rings. The van der Waals surface area contributed by atoms with Crippen molar-refractivity contribution in [1.29, 1.82) is 0 Å². The molecular weight excluding hydrogens is 526 g/mol. The van der Waals surface area contributed by atoms with E-state index in [0.29, 0.717) is 35.1 Å². The number of piperidine rings is 1. The summed E-state index contributed by atoms with van der Waals surface area (Å²) in [6, 6.07) is 11.3. The number of pyridine rings is 1. The van der Waals surface area contributed by atoms with Crippen LogP contribution in [0.3, 0.4) is 0 Å². The fourth-order valence-corrected chi connectivity index (χ4v) is 6.21. The van der Waals surface area contributed by atoms with Gasteiger partial charge in [0.2, 0.25) is 11.3 Å². The van der Waals surface area contributed by atoms with Crippen molar-refractivity contribution in [3.8, 4) is 11.6 Å². The van der Waals surface area contributed by atoms with Crippen molar-refractivity contribution in [1.82, 2.24) is 14.0 Å². The van der Waals surface area contributed by atoms with Crippen LogP contribution < -0.4 is 15.1 Å². The minimum Gasteiger partial charge on any atom is -0.493 e. The summed E-state index contributed by atoms with van der Waals surface area (Å²) in [5.74, 6) is -0.756. The Morgan fingerprint density at radius 2 is 1.93 bits per heavy atom. The third-order valence-electron chi connectivity index (χ3n) is 8.55. The van der Waals surface area contributed by atoms with Gasteiger partial charge in [0.25, 0.3) is 0 Å². The summed E-state index contributed by atoms with van der Waals surface area (Å²) >= 11 is 0. The number of fused-ring (bicyclic) bond motifs is 2. The van der Waals surface area contributed by atoms with Gasteiger partial charge in [-0.2, -0.15) is 0 Å². The lowest BCUT2D eigenvalue weighted by Crippen LogP contribution is -2.47. The van der Waals surface area contributed by atoms with Crippen LogP contribution in [-0.2, 0) is 6.54 Å². The Hall–Kier alpha value is -4.38. The number of carboxylic acids is 1. The smallest absolute Gasteiger partial charge is 0.341 e. The molecule has 6 rings (SSSR count). The SMILES string of the molecule is COc1c(N2CCCC(N(C)CCn3c(O)c(N=O)c4ccccc43)C2)ccc2c(=O)c(C(=O)O)cn(C3CC3)c12. The molecule has 11 heteroatoms. The molecule has 1 atom stereocenters. The molecule has 2 aromatic carbocycles. The number of carboxylic acid groups (broad SMARTS) is 1. The van der Waals surface area contributed by atoms with Crippen molar-refractivity contribution in [2.45, 2.75) is 44.3 Å². The number of benzene rings is 2. The molecule has 11 nitrogen and oxygen atoms in total. The number of carbonyl (C=O) groups is 1. The number of aromatic hydroxyl groups is 1. The molecule has 0 amide bonds. The second-order valence-corrected chi connectivity index (χ2v) is 11.0. The number of para-hydroxylation sites is 1. The maximum Gasteiger partial charge on any atom is 0.341 e. The second-order valence-electron chi connectivity index (χ2n) is 11.0. The Kier molecular flexibility index (Phi) is 6.90. The summed E-state index contributed by atoms with van der Waals surface area (Å²) < 4.78 is 9.57. The van der Waals surface area contributed by atoms with Crippen LogP contribution in [0.15, 0.2) is 52.6 Å². The summed E-state index contributed by atoms with van der Waals surface area (Å²) in [4.78, 5) is 40.8. The zero-order chi connectivity index (χ0) is 28.8. The van der Waals surface area contributed by atoms with E-state index in [-0.39, 0.29) is 29.2 Å². The fourth-order valence-electron chi connectivity index (χ4n) is 6.21. The van der Waals surface area contributed by atoms with E-state index in [4.69, 9.17) is 4.74 Å². The summed E-state index contributed by atoms with van der Waals surface area (Å²) in [6.45, 7) is 2.70. The maximum atomic E-state index is 13.1. The second kappa shape index (κ2) is 10.5. The maximum absolute atomic E-state index is 13.1. The summed E-state index contributed by atoms with van der Waals surface area (Å²) in [6.07, 6.45) is 5.28. The van der Waals surface area contributed by atoms with Gasteiger partial charge in [0.05, 0.1) is 29.2 Å². The predicted octanol–water partition coefficient (Wildman–Crippen LogP) is 4.70. The largest absolute Gasteiger partial charge is 0.493 e. The highest BCUT2D eigenvalue weighted by molar-refractivity contribution is 5.97. The van der Waals surface area contributed by atoms with Crippen LogP contribution in [0.4, 0.5) is 11.4 Å². The lowest BCUT2D eigenvalue weighted by Gasteiger charge is -2.39. The molecule has 3 heterocycles. The zero-order valence-corrected chi connectivity index (χ0v) is 23.1.